The van der Waals surface area contributed by atoms with E-state index in [0.29, 0.717) is 6.42 Å². The predicted molar refractivity (Wildman–Crippen MR) is 62.4 cm³/mol. The third kappa shape index (κ3) is 2.02. The van der Waals surface area contributed by atoms with Crippen molar-refractivity contribution in [2.75, 3.05) is 7.11 Å². The number of ether oxygens (including phenoxy) is 1. The standard InChI is InChI=1S/C13H15NO3/c1-9(15)14-13(12(16)17-2)8-11(13)10-6-4-3-5-7-10/h3-7,11H,8H2,1-2H3,(H,14,15)/t11-,13-/m1/s1. The average Bonchev–Trinajstić information content (AvgIpc) is 3.04. The summed E-state index contributed by atoms with van der Waals surface area (Å²) in [5.74, 6) is -0.574. The number of esters is 1. The molecule has 4 heteroatoms. The first-order valence-corrected chi connectivity index (χ1v) is 5.52. The zero-order valence-electron chi connectivity index (χ0n) is 9.90. The van der Waals surface area contributed by atoms with Gasteiger partial charge in [-0.3, -0.25) is 4.79 Å². The van der Waals surface area contributed by atoms with Crippen LogP contribution < -0.4 is 5.32 Å². The van der Waals surface area contributed by atoms with Crippen molar-refractivity contribution in [1.29, 1.82) is 0 Å². The Hall–Kier alpha value is -1.84. The fraction of sp³-hybridized carbons (Fsp3) is 0.385. The van der Waals surface area contributed by atoms with E-state index in [1.165, 1.54) is 14.0 Å². The second-order valence-corrected chi connectivity index (χ2v) is 4.31. The zero-order valence-corrected chi connectivity index (χ0v) is 9.90. The Balaban J connectivity index is 2.23. The van der Waals surface area contributed by atoms with Crippen LogP contribution in [-0.4, -0.2) is 24.5 Å². The SMILES string of the molecule is COC(=O)[C@@]1(NC(C)=O)C[C@@H]1c1ccccc1. The van der Waals surface area contributed by atoms with Crippen LogP contribution in [0, 0.1) is 0 Å². The van der Waals surface area contributed by atoms with E-state index in [4.69, 9.17) is 4.74 Å². The molecule has 0 spiro atoms. The summed E-state index contributed by atoms with van der Waals surface area (Å²) in [6.07, 6.45) is 0.600. The molecule has 90 valence electrons. The zero-order chi connectivity index (χ0) is 12.5. The van der Waals surface area contributed by atoms with Gasteiger partial charge in [-0.25, -0.2) is 4.79 Å². The molecule has 4 nitrogen and oxygen atoms in total. The third-order valence-electron chi connectivity index (χ3n) is 3.11. The van der Waals surface area contributed by atoms with Gasteiger partial charge in [-0.05, 0) is 12.0 Å². The molecule has 1 aromatic carbocycles. The lowest BCUT2D eigenvalue weighted by atomic mass is 10.1. The van der Waals surface area contributed by atoms with Crippen molar-refractivity contribution in [3.05, 3.63) is 35.9 Å². The minimum absolute atomic E-state index is 0.0139. The van der Waals surface area contributed by atoms with Crippen LogP contribution in [0.3, 0.4) is 0 Å². The van der Waals surface area contributed by atoms with Gasteiger partial charge in [0.25, 0.3) is 0 Å². The molecule has 0 bridgehead atoms. The maximum absolute atomic E-state index is 11.8. The number of carbonyl (C=O) groups is 2. The predicted octanol–water partition coefficient (Wildman–Crippen LogP) is 1.22. The topological polar surface area (TPSA) is 55.4 Å². The number of nitrogens with one attached hydrogen (secondary N) is 1. The first kappa shape index (κ1) is 11.6. The van der Waals surface area contributed by atoms with Gasteiger partial charge in [0.2, 0.25) is 5.91 Å². The fourth-order valence-corrected chi connectivity index (χ4v) is 2.26. The normalized spacial score (nSPS) is 26.1. The molecule has 0 radical (unpaired) electrons. The lowest BCUT2D eigenvalue weighted by molar-refractivity contribution is -0.146. The van der Waals surface area contributed by atoms with E-state index >= 15 is 0 Å². The number of rotatable bonds is 3. The van der Waals surface area contributed by atoms with E-state index in [2.05, 4.69) is 5.32 Å². The largest absolute Gasteiger partial charge is 0.467 e. The van der Waals surface area contributed by atoms with Crippen LogP contribution in [-0.2, 0) is 14.3 Å². The summed E-state index contributed by atoms with van der Waals surface area (Å²) >= 11 is 0. The van der Waals surface area contributed by atoms with Gasteiger partial charge in [0.05, 0.1) is 7.11 Å². The van der Waals surface area contributed by atoms with Gasteiger partial charge in [-0.1, -0.05) is 30.3 Å². The monoisotopic (exact) mass is 233 g/mol. The van der Waals surface area contributed by atoms with E-state index in [-0.39, 0.29) is 17.8 Å². The molecule has 0 aromatic heterocycles. The Bertz CT molecular complexity index is 443. The molecule has 2 atom stereocenters. The van der Waals surface area contributed by atoms with Gasteiger partial charge >= 0.3 is 5.97 Å². The molecule has 1 aliphatic carbocycles. The van der Waals surface area contributed by atoms with Crippen molar-refractivity contribution in [2.24, 2.45) is 0 Å². The summed E-state index contributed by atoms with van der Waals surface area (Å²) in [7, 11) is 1.34. The number of hydrogen-bond donors (Lipinski definition) is 1. The molecule has 1 saturated carbocycles. The highest BCUT2D eigenvalue weighted by Gasteiger charge is 2.62. The van der Waals surface area contributed by atoms with Crippen molar-refractivity contribution < 1.29 is 14.3 Å². The second-order valence-electron chi connectivity index (χ2n) is 4.31. The van der Waals surface area contributed by atoms with Crippen LogP contribution in [0.5, 0.6) is 0 Å². The smallest absolute Gasteiger partial charge is 0.332 e. The Morgan fingerprint density at radius 3 is 2.53 bits per heavy atom. The van der Waals surface area contributed by atoms with E-state index in [1.807, 2.05) is 30.3 Å². The van der Waals surface area contributed by atoms with Crippen molar-refractivity contribution in [3.8, 4) is 0 Å². The van der Waals surface area contributed by atoms with Gasteiger partial charge in [0, 0.05) is 12.8 Å². The van der Waals surface area contributed by atoms with E-state index in [9.17, 15) is 9.59 Å². The summed E-state index contributed by atoms with van der Waals surface area (Å²) in [6.45, 7) is 1.41. The van der Waals surface area contributed by atoms with E-state index in [1.54, 1.807) is 0 Å². The number of benzene rings is 1. The van der Waals surface area contributed by atoms with Gasteiger partial charge < -0.3 is 10.1 Å². The van der Waals surface area contributed by atoms with Gasteiger partial charge in [0.15, 0.2) is 0 Å². The lowest BCUT2D eigenvalue weighted by Gasteiger charge is -2.15. The average molecular weight is 233 g/mol. The van der Waals surface area contributed by atoms with Gasteiger partial charge in [-0.2, -0.15) is 0 Å². The quantitative estimate of drug-likeness (QED) is 0.799. The molecule has 1 N–H and O–H groups in total. The molecule has 1 aliphatic rings. The molecule has 2 rings (SSSR count). The maximum atomic E-state index is 11.8. The van der Waals surface area contributed by atoms with Crippen molar-refractivity contribution >= 4 is 11.9 Å². The summed E-state index contributed by atoms with van der Waals surface area (Å²) in [6, 6.07) is 9.67. The number of hydrogen-bond acceptors (Lipinski definition) is 3. The molecule has 1 fully saturated rings. The lowest BCUT2D eigenvalue weighted by Crippen LogP contribution is -2.44. The first-order valence-electron chi connectivity index (χ1n) is 5.52. The molecule has 17 heavy (non-hydrogen) atoms. The molecule has 0 unspecified atom stereocenters. The summed E-state index contributed by atoms with van der Waals surface area (Å²) in [4.78, 5) is 23.0. The fourth-order valence-electron chi connectivity index (χ4n) is 2.26. The summed E-state index contributed by atoms with van der Waals surface area (Å²) in [5.41, 5.74) is 0.189. The minimum atomic E-state index is -0.859. The maximum Gasteiger partial charge on any atom is 0.332 e. The van der Waals surface area contributed by atoms with Gasteiger partial charge in [-0.15, -0.1) is 0 Å². The van der Waals surface area contributed by atoms with Crippen LogP contribution in [0.1, 0.15) is 24.8 Å². The Labute approximate surface area is 100.0 Å². The van der Waals surface area contributed by atoms with Gasteiger partial charge in [0.1, 0.15) is 5.54 Å². The Kier molecular flexibility index (Phi) is 2.88. The molecule has 1 aromatic rings. The summed E-state index contributed by atoms with van der Waals surface area (Å²) < 4.78 is 4.78. The van der Waals surface area contributed by atoms with Crippen molar-refractivity contribution in [2.45, 2.75) is 24.8 Å². The van der Waals surface area contributed by atoms with Crippen LogP contribution in [0.15, 0.2) is 30.3 Å². The highest BCUT2D eigenvalue weighted by molar-refractivity contribution is 5.92. The molecular formula is C13H15NO3. The number of carbonyl (C=O) groups excluding carboxylic acids is 2. The number of methoxy groups -OCH3 is 1. The van der Waals surface area contributed by atoms with E-state index < -0.39 is 5.54 Å². The minimum Gasteiger partial charge on any atom is -0.467 e. The molecule has 0 aliphatic heterocycles. The number of amides is 1. The van der Waals surface area contributed by atoms with Crippen LogP contribution in [0.4, 0.5) is 0 Å². The first-order chi connectivity index (χ1) is 8.10. The Morgan fingerprint density at radius 1 is 1.35 bits per heavy atom. The van der Waals surface area contributed by atoms with Crippen LogP contribution in [0.2, 0.25) is 0 Å². The summed E-state index contributed by atoms with van der Waals surface area (Å²) in [5, 5.41) is 2.72. The van der Waals surface area contributed by atoms with Crippen LogP contribution in [0.25, 0.3) is 0 Å². The molecular weight excluding hydrogens is 218 g/mol. The van der Waals surface area contributed by atoms with Crippen LogP contribution >= 0.6 is 0 Å². The Morgan fingerprint density at radius 2 is 2.00 bits per heavy atom. The van der Waals surface area contributed by atoms with Crippen molar-refractivity contribution in [1.82, 2.24) is 5.32 Å². The van der Waals surface area contributed by atoms with E-state index in [0.717, 1.165) is 5.56 Å². The van der Waals surface area contributed by atoms with Crippen molar-refractivity contribution in [3.63, 3.8) is 0 Å². The molecule has 0 saturated heterocycles. The molecule has 1 amide bonds. The molecule has 0 heterocycles. The second kappa shape index (κ2) is 4.20. The highest BCUT2D eigenvalue weighted by atomic mass is 16.5. The third-order valence-corrected chi connectivity index (χ3v) is 3.11. The highest BCUT2D eigenvalue weighted by Crippen LogP contribution is 2.52.